The number of carbonyl (C=O) groups excluding carboxylic acids is 1. The predicted molar refractivity (Wildman–Crippen MR) is 140 cm³/mol. The average Bonchev–Trinajstić information content (AvgIpc) is 2.85. The number of amides is 1. The largest absolute Gasteiger partial charge is 0.482 e. The highest BCUT2D eigenvalue weighted by Crippen LogP contribution is 2.33. The van der Waals surface area contributed by atoms with Crippen LogP contribution in [0.2, 0.25) is 5.02 Å². The highest BCUT2D eigenvalue weighted by molar-refractivity contribution is 7.99. The van der Waals surface area contributed by atoms with Crippen LogP contribution in [0.25, 0.3) is 0 Å². The molecular weight excluding hydrogens is 504 g/mol. The molecule has 35 heavy (non-hydrogen) atoms. The first-order chi connectivity index (χ1) is 16.9. The van der Waals surface area contributed by atoms with E-state index in [0.717, 1.165) is 9.79 Å². The summed E-state index contributed by atoms with van der Waals surface area (Å²) >= 11 is 7.78. The van der Waals surface area contributed by atoms with Gasteiger partial charge in [0.15, 0.2) is 6.61 Å². The SMILES string of the molecule is O=C(COc1ccc(S(=O)(=O)Nc2ccccc2)cc1Cl)Nc1ccccc1Sc1ccccc1. The van der Waals surface area contributed by atoms with Gasteiger partial charge in [0.05, 0.1) is 15.6 Å². The molecule has 0 aliphatic carbocycles. The van der Waals surface area contributed by atoms with Gasteiger partial charge in [-0.15, -0.1) is 0 Å². The minimum Gasteiger partial charge on any atom is -0.482 e. The molecule has 6 nitrogen and oxygen atoms in total. The minimum atomic E-state index is -3.83. The number of hydrogen-bond donors (Lipinski definition) is 2. The van der Waals surface area contributed by atoms with Crippen LogP contribution < -0.4 is 14.8 Å². The van der Waals surface area contributed by atoms with E-state index in [0.29, 0.717) is 11.4 Å². The number of nitrogens with one attached hydrogen (secondary N) is 2. The van der Waals surface area contributed by atoms with Crippen LogP contribution in [-0.2, 0) is 14.8 Å². The van der Waals surface area contributed by atoms with Gasteiger partial charge < -0.3 is 10.1 Å². The monoisotopic (exact) mass is 524 g/mol. The molecule has 0 heterocycles. The number of benzene rings is 4. The Morgan fingerprint density at radius 3 is 2.23 bits per heavy atom. The quantitative estimate of drug-likeness (QED) is 0.268. The van der Waals surface area contributed by atoms with Gasteiger partial charge in [-0.25, -0.2) is 8.42 Å². The molecule has 4 aromatic rings. The topological polar surface area (TPSA) is 84.5 Å². The molecule has 1 amide bonds. The Morgan fingerprint density at radius 1 is 0.857 bits per heavy atom. The summed E-state index contributed by atoms with van der Waals surface area (Å²) < 4.78 is 33.3. The fraction of sp³-hybridized carbons (Fsp3) is 0.0385. The molecule has 178 valence electrons. The summed E-state index contributed by atoms with van der Waals surface area (Å²) in [6.07, 6.45) is 0. The van der Waals surface area contributed by atoms with Gasteiger partial charge in [-0.1, -0.05) is 71.9 Å². The van der Waals surface area contributed by atoms with Gasteiger partial charge in [-0.2, -0.15) is 0 Å². The molecule has 0 fully saturated rings. The zero-order chi connectivity index (χ0) is 24.7. The normalized spacial score (nSPS) is 11.0. The first-order valence-corrected chi connectivity index (χ1v) is 13.2. The molecule has 0 aliphatic heterocycles. The summed E-state index contributed by atoms with van der Waals surface area (Å²) in [6, 6.07) is 29.9. The molecule has 0 unspecified atom stereocenters. The third-order valence-electron chi connectivity index (χ3n) is 4.73. The van der Waals surface area contributed by atoms with E-state index in [-0.39, 0.29) is 28.2 Å². The van der Waals surface area contributed by atoms with Crippen molar-refractivity contribution in [3.63, 3.8) is 0 Å². The van der Waals surface area contributed by atoms with Gasteiger partial charge in [0.2, 0.25) is 0 Å². The number of anilines is 2. The summed E-state index contributed by atoms with van der Waals surface area (Å²) in [6.45, 7) is -0.293. The van der Waals surface area contributed by atoms with E-state index in [1.807, 2.05) is 54.6 Å². The van der Waals surface area contributed by atoms with Gasteiger partial charge in [0, 0.05) is 15.5 Å². The number of carbonyl (C=O) groups is 1. The minimum absolute atomic E-state index is 0.0185. The summed E-state index contributed by atoms with van der Waals surface area (Å²) in [5.74, 6) is -0.169. The lowest BCUT2D eigenvalue weighted by atomic mass is 10.3. The summed E-state index contributed by atoms with van der Waals surface area (Å²) in [4.78, 5) is 14.5. The third kappa shape index (κ3) is 6.79. The fourth-order valence-electron chi connectivity index (χ4n) is 3.09. The van der Waals surface area contributed by atoms with E-state index in [9.17, 15) is 13.2 Å². The maximum atomic E-state index is 12.6. The van der Waals surface area contributed by atoms with Crippen molar-refractivity contribution >= 4 is 50.7 Å². The smallest absolute Gasteiger partial charge is 0.262 e. The lowest BCUT2D eigenvalue weighted by Gasteiger charge is -2.13. The number of hydrogen-bond acceptors (Lipinski definition) is 5. The lowest BCUT2D eigenvalue weighted by molar-refractivity contribution is -0.118. The van der Waals surface area contributed by atoms with E-state index in [1.54, 1.807) is 30.3 Å². The fourth-order valence-corrected chi connectivity index (χ4v) is 5.40. The van der Waals surface area contributed by atoms with Crippen molar-refractivity contribution in [3.05, 3.63) is 108 Å². The van der Waals surface area contributed by atoms with Gasteiger partial charge in [-0.3, -0.25) is 9.52 Å². The van der Waals surface area contributed by atoms with Crippen molar-refractivity contribution < 1.29 is 17.9 Å². The molecule has 0 radical (unpaired) electrons. The van der Waals surface area contributed by atoms with Crippen LogP contribution in [0.4, 0.5) is 11.4 Å². The van der Waals surface area contributed by atoms with Crippen LogP contribution in [0.3, 0.4) is 0 Å². The van der Waals surface area contributed by atoms with Crippen molar-refractivity contribution in [2.75, 3.05) is 16.6 Å². The van der Waals surface area contributed by atoms with Crippen LogP contribution in [-0.4, -0.2) is 20.9 Å². The second kappa shape index (κ2) is 11.3. The molecule has 0 bridgehead atoms. The maximum Gasteiger partial charge on any atom is 0.262 e. The van der Waals surface area contributed by atoms with Crippen molar-refractivity contribution in [1.29, 1.82) is 0 Å². The van der Waals surface area contributed by atoms with E-state index < -0.39 is 10.0 Å². The number of halogens is 1. The predicted octanol–water partition coefficient (Wildman–Crippen LogP) is 6.31. The molecule has 0 aliphatic rings. The Balaban J connectivity index is 1.38. The molecule has 0 saturated carbocycles. The van der Waals surface area contributed by atoms with Crippen molar-refractivity contribution in [1.82, 2.24) is 0 Å². The van der Waals surface area contributed by atoms with Crippen LogP contribution in [0.15, 0.2) is 118 Å². The molecule has 0 atom stereocenters. The Morgan fingerprint density at radius 2 is 1.51 bits per heavy atom. The Kier molecular flexibility index (Phi) is 7.97. The van der Waals surface area contributed by atoms with E-state index in [4.69, 9.17) is 16.3 Å². The molecule has 2 N–H and O–H groups in total. The number of ether oxygens (including phenoxy) is 1. The van der Waals surface area contributed by atoms with Crippen molar-refractivity contribution in [3.8, 4) is 5.75 Å². The molecule has 4 rings (SSSR count). The van der Waals surface area contributed by atoms with E-state index >= 15 is 0 Å². The third-order valence-corrected chi connectivity index (χ3v) is 7.49. The molecular formula is C26H21ClN2O4S2. The van der Waals surface area contributed by atoms with Crippen LogP contribution >= 0.6 is 23.4 Å². The lowest BCUT2D eigenvalue weighted by Crippen LogP contribution is -2.20. The number of rotatable bonds is 9. The van der Waals surface area contributed by atoms with Gasteiger partial charge >= 0.3 is 0 Å². The van der Waals surface area contributed by atoms with E-state index in [2.05, 4.69) is 10.0 Å². The summed E-state index contributed by atoms with van der Waals surface area (Å²) in [5.41, 5.74) is 1.10. The second-order valence-corrected chi connectivity index (χ2v) is 10.5. The molecule has 0 spiro atoms. The second-order valence-electron chi connectivity index (χ2n) is 7.31. The molecule has 0 saturated heterocycles. The van der Waals surface area contributed by atoms with E-state index in [1.165, 1.54) is 30.0 Å². The van der Waals surface area contributed by atoms with Crippen LogP contribution in [0.1, 0.15) is 0 Å². The van der Waals surface area contributed by atoms with Crippen LogP contribution in [0.5, 0.6) is 5.75 Å². The Bertz CT molecular complexity index is 1420. The van der Waals surface area contributed by atoms with Gasteiger partial charge in [0.1, 0.15) is 5.75 Å². The van der Waals surface area contributed by atoms with Gasteiger partial charge in [0.25, 0.3) is 15.9 Å². The molecule has 4 aromatic carbocycles. The zero-order valence-electron chi connectivity index (χ0n) is 18.3. The highest BCUT2D eigenvalue weighted by atomic mass is 35.5. The van der Waals surface area contributed by atoms with Crippen molar-refractivity contribution in [2.45, 2.75) is 14.7 Å². The standard InChI is InChI=1S/C26H21ClN2O4S2/c27-22-17-21(35(31,32)29-19-9-3-1-4-10-19)15-16-24(22)33-18-26(30)28-23-13-7-8-14-25(23)34-20-11-5-2-6-12-20/h1-17,29H,18H2,(H,28,30). The highest BCUT2D eigenvalue weighted by Gasteiger charge is 2.17. The molecule has 0 aromatic heterocycles. The van der Waals surface area contributed by atoms with Gasteiger partial charge in [-0.05, 0) is 54.6 Å². The van der Waals surface area contributed by atoms with Crippen LogP contribution in [0, 0.1) is 0 Å². The Labute approximate surface area is 213 Å². The first kappa shape index (κ1) is 24.7. The number of sulfonamides is 1. The maximum absolute atomic E-state index is 12.6. The average molecular weight is 525 g/mol. The molecule has 9 heteroatoms. The first-order valence-electron chi connectivity index (χ1n) is 10.5. The summed E-state index contributed by atoms with van der Waals surface area (Å²) in [5, 5.41) is 2.93. The Hall–Kier alpha value is -3.46. The number of para-hydroxylation sites is 2. The summed E-state index contributed by atoms with van der Waals surface area (Å²) in [7, 11) is -3.83. The van der Waals surface area contributed by atoms with Crippen molar-refractivity contribution in [2.24, 2.45) is 0 Å². The zero-order valence-corrected chi connectivity index (χ0v) is 20.7.